The number of hydrazine groups is 1. The van der Waals surface area contributed by atoms with Gasteiger partial charge in [-0.2, -0.15) is 0 Å². The van der Waals surface area contributed by atoms with Crippen LogP contribution in [0.3, 0.4) is 0 Å². The summed E-state index contributed by atoms with van der Waals surface area (Å²) in [5, 5.41) is 7.92. The largest absolute Gasteiger partial charge is 0.360 e. The van der Waals surface area contributed by atoms with Crippen molar-refractivity contribution in [2.24, 2.45) is 5.84 Å². The third kappa shape index (κ3) is 2.41. The molecule has 1 aromatic carbocycles. The van der Waals surface area contributed by atoms with Gasteiger partial charge in [-0.1, -0.05) is 29.4 Å². The molecule has 0 fully saturated rings. The molecule has 0 spiro atoms. The summed E-state index contributed by atoms with van der Waals surface area (Å²) in [4.78, 5) is 16.5. The Hall–Kier alpha value is -2.93. The third-order valence-electron chi connectivity index (χ3n) is 3.05. The van der Waals surface area contributed by atoms with Gasteiger partial charge in [0.15, 0.2) is 5.82 Å². The van der Waals surface area contributed by atoms with Crippen LogP contribution in [0.2, 0.25) is 0 Å². The van der Waals surface area contributed by atoms with Gasteiger partial charge in [0.1, 0.15) is 11.6 Å². The first-order chi connectivity index (χ1) is 10.2. The minimum absolute atomic E-state index is 0.310. The Labute approximate surface area is 120 Å². The number of hydrogen-bond donors (Lipinski definition) is 3. The summed E-state index contributed by atoms with van der Waals surface area (Å²) >= 11 is 0. The van der Waals surface area contributed by atoms with Crippen molar-refractivity contribution in [2.45, 2.75) is 6.92 Å². The highest BCUT2D eigenvalue weighted by Crippen LogP contribution is 2.24. The second-order valence-electron chi connectivity index (χ2n) is 4.49. The molecule has 0 unspecified atom stereocenters. The van der Waals surface area contributed by atoms with Crippen LogP contribution in [0.1, 0.15) is 16.1 Å². The van der Waals surface area contributed by atoms with E-state index in [1.54, 1.807) is 13.0 Å². The van der Waals surface area contributed by atoms with Gasteiger partial charge in [0.2, 0.25) is 0 Å². The molecule has 3 aromatic rings. The fourth-order valence-electron chi connectivity index (χ4n) is 2.10. The highest BCUT2D eigenvalue weighted by atomic mass is 16.5. The number of carbonyl (C=O) groups excluding carboxylic acids is 1. The van der Waals surface area contributed by atoms with Crippen molar-refractivity contribution in [1.29, 1.82) is 0 Å². The van der Waals surface area contributed by atoms with E-state index >= 15 is 0 Å². The standard InChI is InChI=1S/C14H13N5O2/c1-8-6-12(19-21-8)17-14(20)11-7-16-13(18-15)10-5-3-2-4-9(10)11/h2-7H,15H2,1H3,(H,16,18)(H,17,19,20). The number of benzene rings is 1. The minimum atomic E-state index is -0.310. The minimum Gasteiger partial charge on any atom is -0.360 e. The monoisotopic (exact) mass is 283 g/mol. The molecule has 106 valence electrons. The van der Waals surface area contributed by atoms with Crippen molar-refractivity contribution < 1.29 is 9.32 Å². The van der Waals surface area contributed by atoms with Gasteiger partial charge in [0.05, 0.1) is 5.56 Å². The average molecular weight is 283 g/mol. The Balaban J connectivity index is 2.02. The molecule has 0 aliphatic rings. The van der Waals surface area contributed by atoms with E-state index in [-0.39, 0.29) is 5.91 Å². The lowest BCUT2D eigenvalue weighted by Gasteiger charge is -2.09. The zero-order chi connectivity index (χ0) is 14.8. The number of rotatable bonds is 3. The van der Waals surface area contributed by atoms with E-state index in [0.717, 1.165) is 10.8 Å². The van der Waals surface area contributed by atoms with Crippen LogP contribution in [-0.2, 0) is 0 Å². The zero-order valence-electron chi connectivity index (χ0n) is 11.3. The molecular weight excluding hydrogens is 270 g/mol. The Morgan fingerprint density at radius 3 is 2.71 bits per heavy atom. The van der Waals surface area contributed by atoms with Crippen molar-refractivity contribution in [2.75, 3.05) is 10.7 Å². The van der Waals surface area contributed by atoms with Gasteiger partial charge >= 0.3 is 0 Å². The summed E-state index contributed by atoms with van der Waals surface area (Å²) in [7, 11) is 0. The normalized spacial score (nSPS) is 10.6. The maximum absolute atomic E-state index is 12.4. The quantitative estimate of drug-likeness (QED) is 0.502. The molecule has 0 bridgehead atoms. The highest BCUT2D eigenvalue weighted by molar-refractivity contribution is 6.13. The molecule has 2 aromatic heterocycles. The van der Waals surface area contributed by atoms with Gasteiger partial charge in [-0.25, -0.2) is 10.8 Å². The topological polar surface area (TPSA) is 106 Å². The number of nitrogens with two attached hydrogens (primary N) is 1. The number of fused-ring (bicyclic) bond motifs is 1. The number of hydrogen-bond acceptors (Lipinski definition) is 6. The molecule has 7 heteroatoms. The molecule has 0 aliphatic heterocycles. The predicted octanol–water partition coefficient (Wildman–Crippen LogP) is 2.07. The van der Waals surface area contributed by atoms with E-state index in [0.29, 0.717) is 23.0 Å². The molecule has 0 saturated heterocycles. The first kappa shape index (κ1) is 13.1. The third-order valence-corrected chi connectivity index (χ3v) is 3.05. The van der Waals surface area contributed by atoms with E-state index in [4.69, 9.17) is 10.4 Å². The van der Waals surface area contributed by atoms with Gasteiger partial charge < -0.3 is 15.3 Å². The second kappa shape index (κ2) is 5.22. The molecule has 0 radical (unpaired) electrons. The Morgan fingerprint density at radius 2 is 2.05 bits per heavy atom. The van der Waals surface area contributed by atoms with Gasteiger partial charge in [-0.05, 0) is 12.3 Å². The lowest BCUT2D eigenvalue weighted by Crippen LogP contribution is -2.15. The number of nitrogens with zero attached hydrogens (tertiary/aromatic N) is 2. The van der Waals surface area contributed by atoms with Gasteiger partial charge in [0, 0.05) is 17.6 Å². The maximum Gasteiger partial charge on any atom is 0.259 e. The van der Waals surface area contributed by atoms with Crippen molar-refractivity contribution >= 4 is 28.3 Å². The van der Waals surface area contributed by atoms with Crippen molar-refractivity contribution in [3.05, 3.63) is 47.9 Å². The number of anilines is 2. The summed E-state index contributed by atoms with van der Waals surface area (Å²) in [6, 6.07) is 9.02. The molecule has 4 N–H and O–H groups in total. The van der Waals surface area contributed by atoms with E-state index in [1.807, 2.05) is 24.3 Å². The fraction of sp³-hybridized carbons (Fsp3) is 0.0714. The Morgan fingerprint density at radius 1 is 1.29 bits per heavy atom. The van der Waals surface area contributed by atoms with Crippen LogP contribution in [0, 0.1) is 6.92 Å². The summed E-state index contributed by atoms with van der Waals surface area (Å²) in [5.74, 6) is 6.62. The van der Waals surface area contributed by atoms with Crippen molar-refractivity contribution in [3.63, 3.8) is 0 Å². The summed E-state index contributed by atoms with van der Waals surface area (Å²) in [6.45, 7) is 1.75. The number of carbonyl (C=O) groups is 1. The SMILES string of the molecule is Cc1cc(NC(=O)c2cnc(NN)c3ccccc23)no1. The zero-order valence-corrected chi connectivity index (χ0v) is 11.3. The van der Waals surface area contributed by atoms with Gasteiger partial charge in [-0.15, -0.1) is 0 Å². The molecule has 21 heavy (non-hydrogen) atoms. The van der Waals surface area contributed by atoms with Crippen LogP contribution >= 0.6 is 0 Å². The lowest BCUT2D eigenvalue weighted by molar-refractivity contribution is 0.102. The molecule has 0 saturated carbocycles. The molecule has 1 amide bonds. The van der Waals surface area contributed by atoms with Crippen LogP contribution in [0.15, 0.2) is 41.1 Å². The maximum atomic E-state index is 12.4. The first-order valence-electron chi connectivity index (χ1n) is 6.28. The predicted molar refractivity (Wildman–Crippen MR) is 78.7 cm³/mol. The van der Waals surface area contributed by atoms with Crippen LogP contribution in [0.5, 0.6) is 0 Å². The van der Waals surface area contributed by atoms with E-state index in [2.05, 4.69) is 20.9 Å². The number of aryl methyl sites for hydroxylation is 1. The summed E-state index contributed by atoms with van der Waals surface area (Å²) < 4.78 is 4.92. The average Bonchev–Trinajstić information content (AvgIpc) is 2.91. The fourth-order valence-corrected chi connectivity index (χ4v) is 2.10. The van der Waals surface area contributed by atoms with E-state index in [1.165, 1.54) is 6.20 Å². The van der Waals surface area contributed by atoms with Gasteiger partial charge in [-0.3, -0.25) is 4.79 Å². The molecular formula is C14H13N5O2. The highest BCUT2D eigenvalue weighted by Gasteiger charge is 2.14. The molecule has 3 rings (SSSR count). The molecule has 2 heterocycles. The Kier molecular flexibility index (Phi) is 3.25. The number of aromatic nitrogens is 2. The molecule has 0 atom stereocenters. The number of pyridine rings is 1. The second-order valence-corrected chi connectivity index (χ2v) is 4.49. The van der Waals surface area contributed by atoms with Crippen LogP contribution < -0.4 is 16.6 Å². The van der Waals surface area contributed by atoms with Crippen LogP contribution in [0.25, 0.3) is 10.8 Å². The smallest absolute Gasteiger partial charge is 0.259 e. The van der Waals surface area contributed by atoms with Crippen LogP contribution in [0.4, 0.5) is 11.6 Å². The van der Waals surface area contributed by atoms with Crippen LogP contribution in [-0.4, -0.2) is 16.0 Å². The van der Waals surface area contributed by atoms with E-state index in [9.17, 15) is 4.79 Å². The molecule has 7 nitrogen and oxygen atoms in total. The summed E-state index contributed by atoms with van der Waals surface area (Å²) in [6.07, 6.45) is 1.47. The van der Waals surface area contributed by atoms with E-state index < -0.39 is 0 Å². The first-order valence-corrected chi connectivity index (χ1v) is 6.28. The van der Waals surface area contributed by atoms with Gasteiger partial charge in [0.25, 0.3) is 5.91 Å². The van der Waals surface area contributed by atoms with Crippen molar-refractivity contribution in [1.82, 2.24) is 10.1 Å². The Bertz CT molecular complexity index is 812. The lowest BCUT2D eigenvalue weighted by atomic mass is 10.1. The number of amides is 1. The number of nitrogens with one attached hydrogen (secondary N) is 2. The van der Waals surface area contributed by atoms with Crippen molar-refractivity contribution in [3.8, 4) is 0 Å². The number of nitrogen functional groups attached to an aromatic ring is 1. The molecule has 0 aliphatic carbocycles. The summed E-state index contributed by atoms with van der Waals surface area (Å²) in [5.41, 5.74) is 2.95.